The first-order valence-electron chi connectivity index (χ1n) is 8.43. The highest BCUT2D eigenvalue weighted by atomic mass is 16.5. The van der Waals surface area contributed by atoms with Crippen LogP contribution in [0.15, 0.2) is 71.1 Å². The molecule has 1 amide bonds. The lowest BCUT2D eigenvalue weighted by Gasteiger charge is -2.12. The molecule has 2 aromatic carbocycles. The molecule has 1 heterocycles. The second-order valence-electron chi connectivity index (χ2n) is 6.11. The van der Waals surface area contributed by atoms with Gasteiger partial charge in [-0.25, -0.2) is 0 Å². The van der Waals surface area contributed by atoms with Crippen LogP contribution in [0.3, 0.4) is 0 Å². The summed E-state index contributed by atoms with van der Waals surface area (Å²) >= 11 is 0. The number of benzene rings is 2. The van der Waals surface area contributed by atoms with Gasteiger partial charge in [-0.15, -0.1) is 0 Å². The lowest BCUT2D eigenvalue weighted by atomic mass is 10.2. The minimum Gasteiger partial charge on any atom is -0.486 e. The molecule has 0 aliphatic heterocycles. The molecule has 0 saturated heterocycles. The summed E-state index contributed by atoms with van der Waals surface area (Å²) in [5, 5.41) is 2.86. The van der Waals surface area contributed by atoms with E-state index in [2.05, 4.69) is 5.32 Å². The van der Waals surface area contributed by atoms with Gasteiger partial charge in [-0.3, -0.25) is 4.79 Å². The van der Waals surface area contributed by atoms with Crippen LogP contribution in [0.1, 0.15) is 21.9 Å². The van der Waals surface area contributed by atoms with Crippen LogP contribution in [0.4, 0.5) is 5.69 Å². The molecule has 1 N–H and O–H groups in total. The molecule has 0 saturated carbocycles. The van der Waals surface area contributed by atoms with Gasteiger partial charge in [0.05, 0.1) is 0 Å². The van der Waals surface area contributed by atoms with Crippen LogP contribution in [0.25, 0.3) is 0 Å². The molecule has 0 spiro atoms. The van der Waals surface area contributed by atoms with E-state index in [-0.39, 0.29) is 18.3 Å². The van der Waals surface area contributed by atoms with Crippen molar-refractivity contribution in [2.75, 3.05) is 19.0 Å². The summed E-state index contributed by atoms with van der Waals surface area (Å²) in [4.78, 5) is 14.3. The number of ether oxygens (including phenoxy) is 1. The minimum absolute atomic E-state index is 0.243. The van der Waals surface area contributed by atoms with Crippen molar-refractivity contribution in [3.05, 3.63) is 83.8 Å². The second kappa shape index (κ2) is 8.25. The molecule has 3 aromatic rings. The molecule has 0 bridgehead atoms. The van der Waals surface area contributed by atoms with Crippen LogP contribution in [-0.4, -0.2) is 20.0 Å². The molecule has 26 heavy (non-hydrogen) atoms. The number of carbonyl (C=O) groups is 1. The molecule has 134 valence electrons. The first-order chi connectivity index (χ1) is 12.6. The number of nitrogens with one attached hydrogen (secondary N) is 1. The fourth-order valence-corrected chi connectivity index (χ4v) is 2.43. The monoisotopic (exact) mass is 350 g/mol. The predicted octanol–water partition coefficient (Wildman–Crippen LogP) is 3.85. The van der Waals surface area contributed by atoms with Gasteiger partial charge in [-0.2, -0.15) is 0 Å². The maximum Gasteiger partial charge on any atom is 0.287 e. The van der Waals surface area contributed by atoms with Crippen molar-refractivity contribution in [2.24, 2.45) is 0 Å². The Labute approximate surface area is 153 Å². The number of anilines is 1. The third kappa shape index (κ3) is 4.66. The number of rotatable bonds is 7. The van der Waals surface area contributed by atoms with E-state index in [4.69, 9.17) is 9.15 Å². The largest absolute Gasteiger partial charge is 0.486 e. The van der Waals surface area contributed by atoms with Gasteiger partial charge >= 0.3 is 0 Å². The molecule has 5 nitrogen and oxygen atoms in total. The number of hydrogen-bond donors (Lipinski definition) is 1. The molecule has 0 fully saturated rings. The standard InChI is InChI=1S/C21H22N2O3/c1-23(2)17-10-8-16(9-11-17)14-22-21(24)20-13-12-19(26-20)15-25-18-6-4-3-5-7-18/h3-13H,14-15H2,1-2H3,(H,22,24). The van der Waals surface area contributed by atoms with Crippen molar-refractivity contribution in [3.8, 4) is 5.75 Å². The number of furan rings is 1. The van der Waals surface area contributed by atoms with Crippen molar-refractivity contribution in [1.82, 2.24) is 5.32 Å². The first kappa shape index (κ1) is 17.6. The van der Waals surface area contributed by atoms with E-state index in [1.54, 1.807) is 12.1 Å². The van der Waals surface area contributed by atoms with Gasteiger partial charge in [0.2, 0.25) is 0 Å². The summed E-state index contributed by atoms with van der Waals surface area (Å²) in [5.41, 5.74) is 2.15. The van der Waals surface area contributed by atoms with Crippen LogP contribution in [0.2, 0.25) is 0 Å². The Morgan fingerprint density at radius 1 is 1.00 bits per heavy atom. The predicted molar refractivity (Wildman–Crippen MR) is 101 cm³/mol. The highest BCUT2D eigenvalue weighted by molar-refractivity contribution is 5.91. The minimum atomic E-state index is -0.243. The van der Waals surface area contributed by atoms with Gasteiger partial charge in [-0.05, 0) is 42.0 Å². The van der Waals surface area contributed by atoms with E-state index < -0.39 is 0 Å². The molecule has 0 atom stereocenters. The summed E-state index contributed by atoms with van der Waals surface area (Å²) in [6.45, 7) is 0.729. The Morgan fingerprint density at radius 3 is 2.42 bits per heavy atom. The van der Waals surface area contributed by atoms with Crippen molar-refractivity contribution in [2.45, 2.75) is 13.2 Å². The first-order valence-corrected chi connectivity index (χ1v) is 8.43. The second-order valence-corrected chi connectivity index (χ2v) is 6.11. The number of hydrogen-bond acceptors (Lipinski definition) is 4. The maximum atomic E-state index is 12.2. The molecule has 5 heteroatoms. The molecular weight excluding hydrogens is 328 g/mol. The third-order valence-corrected chi connectivity index (χ3v) is 3.92. The van der Waals surface area contributed by atoms with Crippen LogP contribution in [0, 0.1) is 0 Å². The zero-order valence-electron chi connectivity index (χ0n) is 14.9. The molecule has 0 radical (unpaired) electrons. The van der Waals surface area contributed by atoms with Crippen LogP contribution >= 0.6 is 0 Å². The SMILES string of the molecule is CN(C)c1ccc(CNC(=O)c2ccc(COc3ccccc3)o2)cc1. The highest BCUT2D eigenvalue weighted by Gasteiger charge is 2.11. The average molecular weight is 350 g/mol. The van der Waals surface area contributed by atoms with Crippen molar-refractivity contribution in [1.29, 1.82) is 0 Å². The summed E-state index contributed by atoms with van der Waals surface area (Å²) in [7, 11) is 3.99. The topological polar surface area (TPSA) is 54.7 Å². The van der Waals surface area contributed by atoms with E-state index >= 15 is 0 Å². The van der Waals surface area contributed by atoms with Crippen molar-refractivity contribution < 1.29 is 13.9 Å². The quantitative estimate of drug-likeness (QED) is 0.703. The molecule has 0 unspecified atom stereocenters. The normalized spacial score (nSPS) is 10.4. The number of amides is 1. The Balaban J connectivity index is 1.51. The van der Waals surface area contributed by atoms with Crippen LogP contribution in [-0.2, 0) is 13.2 Å². The fraction of sp³-hybridized carbons (Fsp3) is 0.190. The molecule has 0 aliphatic rings. The summed E-state index contributed by atoms with van der Waals surface area (Å²) in [6, 6.07) is 20.9. The van der Waals surface area contributed by atoms with Crippen molar-refractivity contribution in [3.63, 3.8) is 0 Å². The van der Waals surface area contributed by atoms with E-state index in [0.717, 1.165) is 17.0 Å². The van der Waals surface area contributed by atoms with Gasteiger partial charge in [0.15, 0.2) is 5.76 Å². The van der Waals surface area contributed by atoms with Gasteiger partial charge in [0.25, 0.3) is 5.91 Å². The lowest BCUT2D eigenvalue weighted by Crippen LogP contribution is -2.22. The Hall–Kier alpha value is -3.21. The van der Waals surface area contributed by atoms with Gasteiger partial charge in [0, 0.05) is 26.3 Å². The number of para-hydroxylation sites is 1. The Bertz CT molecular complexity index is 839. The van der Waals surface area contributed by atoms with Gasteiger partial charge in [-0.1, -0.05) is 30.3 Å². The van der Waals surface area contributed by atoms with Crippen LogP contribution < -0.4 is 15.0 Å². The third-order valence-electron chi connectivity index (χ3n) is 3.92. The van der Waals surface area contributed by atoms with Gasteiger partial charge < -0.3 is 19.4 Å². The van der Waals surface area contributed by atoms with Crippen molar-refractivity contribution >= 4 is 11.6 Å². The summed E-state index contributed by atoms with van der Waals surface area (Å²) in [5.74, 6) is 1.40. The lowest BCUT2D eigenvalue weighted by molar-refractivity contribution is 0.0919. The van der Waals surface area contributed by atoms with E-state index in [9.17, 15) is 4.79 Å². The summed E-state index contributed by atoms with van der Waals surface area (Å²) < 4.78 is 11.2. The zero-order valence-corrected chi connectivity index (χ0v) is 14.9. The average Bonchev–Trinajstić information content (AvgIpc) is 3.15. The van der Waals surface area contributed by atoms with E-state index in [1.807, 2.05) is 73.6 Å². The van der Waals surface area contributed by atoms with Crippen LogP contribution in [0.5, 0.6) is 5.75 Å². The smallest absolute Gasteiger partial charge is 0.287 e. The van der Waals surface area contributed by atoms with E-state index in [1.165, 1.54) is 0 Å². The maximum absolute atomic E-state index is 12.2. The molecule has 0 aliphatic carbocycles. The molecular formula is C21H22N2O3. The molecule has 3 rings (SSSR count). The highest BCUT2D eigenvalue weighted by Crippen LogP contribution is 2.15. The Kier molecular flexibility index (Phi) is 5.59. The van der Waals surface area contributed by atoms with Gasteiger partial charge in [0.1, 0.15) is 18.1 Å². The Morgan fingerprint density at radius 2 is 1.73 bits per heavy atom. The van der Waals surface area contributed by atoms with E-state index in [0.29, 0.717) is 12.3 Å². The fourth-order valence-electron chi connectivity index (χ4n) is 2.43. The number of nitrogens with zero attached hydrogens (tertiary/aromatic N) is 1. The summed E-state index contributed by atoms with van der Waals surface area (Å²) in [6.07, 6.45) is 0. The zero-order chi connectivity index (χ0) is 18.4. The molecule has 1 aromatic heterocycles. The number of carbonyl (C=O) groups excluding carboxylic acids is 1.